The maximum Gasteiger partial charge on any atom is 0.165 e. The smallest absolute Gasteiger partial charge is 0.165 e. The number of aliphatic hydroxyl groups excluding tert-OH is 1. The Kier molecular flexibility index (Phi) is 5.36. The number of hydrogen-bond acceptors (Lipinski definition) is 2. The van der Waals surface area contributed by atoms with Crippen LogP contribution in [0.4, 0.5) is 0 Å². The molecule has 0 saturated heterocycles. The van der Waals surface area contributed by atoms with Crippen LogP contribution < -0.4 is 0 Å². The van der Waals surface area contributed by atoms with Gasteiger partial charge in [-0.2, -0.15) is 0 Å². The summed E-state index contributed by atoms with van der Waals surface area (Å²) in [5, 5.41) is 9.83. The van der Waals surface area contributed by atoms with Crippen molar-refractivity contribution in [3.63, 3.8) is 0 Å². The molecule has 1 aromatic rings. The van der Waals surface area contributed by atoms with Crippen LogP contribution in [0.1, 0.15) is 44.0 Å². The highest BCUT2D eigenvalue weighted by molar-refractivity contribution is 5.97. The molecule has 1 rings (SSSR count). The third kappa shape index (κ3) is 4.70. The standard InChI is InChI=1S/C15H22O2/c1-11(2)9-14(16)10-12(3)15(17)13-7-5-4-6-8-13/h4-8,11-12,14,16H,9-10H2,1-3H3. The van der Waals surface area contributed by atoms with Crippen LogP contribution in [0, 0.1) is 11.8 Å². The van der Waals surface area contributed by atoms with E-state index in [2.05, 4.69) is 13.8 Å². The predicted molar refractivity (Wildman–Crippen MR) is 70.0 cm³/mol. The fraction of sp³-hybridized carbons (Fsp3) is 0.533. The van der Waals surface area contributed by atoms with Gasteiger partial charge in [0.25, 0.3) is 0 Å². The number of ketones is 1. The second-order valence-electron chi connectivity index (χ2n) is 5.15. The Morgan fingerprint density at radius 2 is 1.71 bits per heavy atom. The summed E-state index contributed by atoms with van der Waals surface area (Å²) in [6.07, 6.45) is 0.927. The van der Waals surface area contributed by atoms with Crippen LogP contribution in [0.2, 0.25) is 0 Å². The second-order valence-corrected chi connectivity index (χ2v) is 5.15. The molecule has 94 valence electrons. The van der Waals surface area contributed by atoms with E-state index >= 15 is 0 Å². The van der Waals surface area contributed by atoms with E-state index in [4.69, 9.17) is 0 Å². The zero-order valence-electron chi connectivity index (χ0n) is 10.9. The van der Waals surface area contributed by atoms with E-state index in [1.165, 1.54) is 0 Å². The fourth-order valence-corrected chi connectivity index (χ4v) is 2.04. The van der Waals surface area contributed by atoms with Gasteiger partial charge >= 0.3 is 0 Å². The Morgan fingerprint density at radius 3 is 2.24 bits per heavy atom. The monoisotopic (exact) mass is 234 g/mol. The van der Waals surface area contributed by atoms with Crippen LogP contribution in [0.25, 0.3) is 0 Å². The number of Topliss-reactive ketones (excluding diaryl/α,β-unsaturated/α-hetero) is 1. The normalized spacial score (nSPS) is 14.6. The van der Waals surface area contributed by atoms with E-state index in [0.717, 1.165) is 12.0 Å². The van der Waals surface area contributed by atoms with Gasteiger partial charge < -0.3 is 5.11 Å². The van der Waals surface area contributed by atoms with E-state index < -0.39 is 0 Å². The maximum atomic E-state index is 12.1. The number of aliphatic hydroxyl groups is 1. The van der Waals surface area contributed by atoms with Crippen LogP contribution in [0.15, 0.2) is 30.3 Å². The summed E-state index contributed by atoms with van der Waals surface area (Å²) in [6.45, 7) is 6.04. The molecule has 17 heavy (non-hydrogen) atoms. The Hall–Kier alpha value is -1.15. The van der Waals surface area contributed by atoms with Crippen molar-refractivity contribution < 1.29 is 9.90 Å². The molecule has 2 heteroatoms. The first-order valence-corrected chi connectivity index (χ1v) is 6.28. The Balaban J connectivity index is 2.53. The topological polar surface area (TPSA) is 37.3 Å². The fourth-order valence-electron chi connectivity index (χ4n) is 2.04. The summed E-state index contributed by atoms with van der Waals surface area (Å²) in [5.74, 6) is 0.462. The number of rotatable bonds is 6. The molecule has 0 aliphatic heterocycles. The van der Waals surface area contributed by atoms with Gasteiger partial charge in [-0.3, -0.25) is 4.79 Å². The molecule has 2 unspecified atom stereocenters. The molecule has 0 aliphatic rings. The summed E-state index contributed by atoms with van der Waals surface area (Å²) in [7, 11) is 0. The lowest BCUT2D eigenvalue weighted by Crippen LogP contribution is -2.20. The molecular formula is C15H22O2. The van der Waals surface area contributed by atoms with Crippen molar-refractivity contribution in [2.24, 2.45) is 11.8 Å². The molecule has 0 saturated carbocycles. The average Bonchev–Trinajstić information content (AvgIpc) is 2.28. The van der Waals surface area contributed by atoms with Gasteiger partial charge in [0.15, 0.2) is 5.78 Å². The molecule has 0 fully saturated rings. The quantitative estimate of drug-likeness (QED) is 0.767. The molecule has 0 aliphatic carbocycles. The first kappa shape index (κ1) is 13.9. The van der Waals surface area contributed by atoms with Crippen molar-refractivity contribution in [1.29, 1.82) is 0 Å². The average molecular weight is 234 g/mol. The van der Waals surface area contributed by atoms with E-state index in [1.54, 1.807) is 0 Å². The summed E-state index contributed by atoms with van der Waals surface area (Å²) in [5.41, 5.74) is 0.733. The van der Waals surface area contributed by atoms with Crippen molar-refractivity contribution in [1.82, 2.24) is 0 Å². The molecule has 1 N–H and O–H groups in total. The molecular weight excluding hydrogens is 212 g/mol. The summed E-state index contributed by atoms with van der Waals surface area (Å²) in [4.78, 5) is 12.1. The summed E-state index contributed by atoms with van der Waals surface area (Å²) >= 11 is 0. The van der Waals surface area contributed by atoms with Crippen LogP contribution >= 0.6 is 0 Å². The second kappa shape index (κ2) is 6.55. The highest BCUT2D eigenvalue weighted by Crippen LogP contribution is 2.17. The predicted octanol–water partition coefficient (Wildman–Crippen LogP) is 3.30. The molecule has 0 radical (unpaired) electrons. The minimum absolute atomic E-state index is 0.119. The molecule has 0 amide bonds. The Labute approximate surface area is 104 Å². The van der Waals surface area contributed by atoms with Crippen molar-refractivity contribution in [3.05, 3.63) is 35.9 Å². The first-order chi connectivity index (χ1) is 8.00. The van der Waals surface area contributed by atoms with Gasteiger partial charge in [-0.15, -0.1) is 0 Å². The van der Waals surface area contributed by atoms with E-state index in [0.29, 0.717) is 12.3 Å². The van der Waals surface area contributed by atoms with Gasteiger partial charge in [-0.05, 0) is 18.8 Å². The maximum absolute atomic E-state index is 12.1. The highest BCUT2D eigenvalue weighted by atomic mass is 16.3. The minimum atomic E-state index is -0.377. The lowest BCUT2D eigenvalue weighted by molar-refractivity contribution is 0.0820. The van der Waals surface area contributed by atoms with E-state index in [9.17, 15) is 9.90 Å². The third-order valence-electron chi connectivity index (χ3n) is 2.88. The van der Waals surface area contributed by atoms with Crippen LogP contribution in [0.3, 0.4) is 0 Å². The number of hydrogen-bond donors (Lipinski definition) is 1. The minimum Gasteiger partial charge on any atom is -0.393 e. The van der Waals surface area contributed by atoms with Gasteiger partial charge in [0, 0.05) is 11.5 Å². The van der Waals surface area contributed by atoms with Gasteiger partial charge in [-0.25, -0.2) is 0 Å². The molecule has 1 aromatic carbocycles. The van der Waals surface area contributed by atoms with Crippen LogP contribution in [0.5, 0.6) is 0 Å². The van der Waals surface area contributed by atoms with E-state index in [1.807, 2.05) is 37.3 Å². The largest absolute Gasteiger partial charge is 0.393 e. The van der Waals surface area contributed by atoms with Crippen molar-refractivity contribution in [2.75, 3.05) is 0 Å². The Morgan fingerprint density at radius 1 is 1.12 bits per heavy atom. The lowest BCUT2D eigenvalue weighted by atomic mass is 9.91. The third-order valence-corrected chi connectivity index (χ3v) is 2.88. The van der Waals surface area contributed by atoms with Gasteiger partial charge in [0.2, 0.25) is 0 Å². The van der Waals surface area contributed by atoms with E-state index in [-0.39, 0.29) is 17.8 Å². The molecule has 0 heterocycles. The van der Waals surface area contributed by atoms with Crippen LogP contribution in [-0.4, -0.2) is 17.0 Å². The highest BCUT2D eigenvalue weighted by Gasteiger charge is 2.19. The Bertz CT molecular complexity index is 343. The number of carbonyl (C=O) groups excluding carboxylic acids is 1. The summed E-state index contributed by atoms with van der Waals surface area (Å²) in [6, 6.07) is 9.28. The van der Waals surface area contributed by atoms with Gasteiger partial charge in [0.05, 0.1) is 6.10 Å². The van der Waals surface area contributed by atoms with Gasteiger partial charge in [-0.1, -0.05) is 51.1 Å². The van der Waals surface area contributed by atoms with Gasteiger partial charge in [0.1, 0.15) is 0 Å². The SMILES string of the molecule is CC(C)CC(O)CC(C)C(=O)c1ccccc1. The molecule has 2 nitrogen and oxygen atoms in total. The lowest BCUT2D eigenvalue weighted by Gasteiger charge is -2.17. The van der Waals surface area contributed by atoms with Crippen LogP contribution in [-0.2, 0) is 0 Å². The zero-order valence-corrected chi connectivity index (χ0v) is 10.9. The van der Waals surface area contributed by atoms with Crippen molar-refractivity contribution in [2.45, 2.75) is 39.7 Å². The molecule has 2 atom stereocenters. The molecule has 0 bridgehead atoms. The number of benzene rings is 1. The molecule has 0 aromatic heterocycles. The zero-order chi connectivity index (χ0) is 12.8. The number of carbonyl (C=O) groups is 1. The van der Waals surface area contributed by atoms with Crippen molar-refractivity contribution >= 4 is 5.78 Å². The summed E-state index contributed by atoms with van der Waals surface area (Å²) < 4.78 is 0. The first-order valence-electron chi connectivity index (χ1n) is 6.28. The van der Waals surface area contributed by atoms with Crippen molar-refractivity contribution in [3.8, 4) is 0 Å². The molecule has 0 spiro atoms.